The monoisotopic (exact) mass is 373 g/mol. The van der Waals surface area contributed by atoms with Crippen molar-refractivity contribution in [2.75, 3.05) is 11.9 Å². The minimum atomic E-state index is -4.76. The molecule has 0 atom stereocenters. The number of hydrogen-bond donors (Lipinski definition) is 2. The van der Waals surface area contributed by atoms with Gasteiger partial charge in [-0.25, -0.2) is 14.6 Å². The zero-order valence-corrected chi connectivity index (χ0v) is 14.6. The first-order valence-electron chi connectivity index (χ1n) is 7.69. The lowest BCUT2D eigenvalue weighted by molar-refractivity contribution is -0.144. The van der Waals surface area contributed by atoms with Crippen LogP contribution in [0.15, 0.2) is 12.1 Å². The first kappa shape index (κ1) is 19.5. The number of alkyl halides is 3. The van der Waals surface area contributed by atoms with E-state index in [9.17, 15) is 22.8 Å². The van der Waals surface area contributed by atoms with Crippen LogP contribution in [0, 0.1) is 0 Å². The van der Waals surface area contributed by atoms with Crippen LogP contribution < -0.4 is 5.32 Å². The van der Waals surface area contributed by atoms with Crippen LogP contribution in [0.4, 0.5) is 23.7 Å². The number of fused-ring (bicyclic) bond motifs is 1. The molecule has 0 unspecified atom stereocenters. The van der Waals surface area contributed by atoms with Gasteiger partial charge in [0.1, 0.15) is 11.1 Å². The zero-order valence-electron chi connectivity index (χ0n) is 14.6. The maximum atomic E-state index is 13.0. The van der Waals surface area contributed by atoms with Crippen LogP contribution in [0.25, 0.3) is 11.0 Å². The lowest BCUT2D eigenvalue weighted by Gasteiger charge is -2.19. The normalized spacial score (nSPS) is 12.1. The van der Waals surface area contributed by atoms with E-state index < -0.39 is 29.7 Å². The number of carbonyl (C=O) groups is 2. The van der Waals surface area contributed by atoms with Crippen molar-refractivity contribution in [3.05, 3.63) is 23.5 Å². The third-order valence-corrected chi connectivity index (χ3v) is 3.04. The number of amides is 1. The van der Waals surface area contributed by atoms with E-state index in [1.54, 1.807) is 27.7 Å². The standard InChI is InChI=1S/C16H18F3N3O4/c1-5-25-12(23)8-6-7-9(20-14(24)26-15(2,3)4)11-10(8)21-13(22-11)16(17,18)19/h6-7H,5H2,1-4H3,(H,20,24)(H,21,22). The average molecular weight is 373 g/mol. The number of hydrogen-bond acceptors (Lipinski definition) is 5. The van der Waals surface area contributed by atoms with Gasteiger partial charge in [-0.3, -0.25) is 5.32 Å². The maximum absolute atomic E-state index is 13.0. The van der Waals surface area contributed by atoms with E-state index in [1.807, 2.05) is 0 Å². The first-order valence-corrected chi connectivity index (χ1v) is 7.69. The molecule has 142 valence electrons. The number of anilines is 1. The Kier molecular flexibility index (Phi) is 5.15. The number of carbonyl (C=O) groups excluding carboxylic acids is 2. The van der Waals surface area contributed by atoms with Crippen LogP contribution in [0.1, 0.15) is 43.9 Å². The Bertz CT molecular complexity index is 838. The number of halogens is 3. The van der Waals surface area contributed by atoms with Gasteiger partial charge < -0.3 is 14.5 Å². The molecule has 1 aromatic carbocycles. The third-order valence-electron chi connectivity index (χ3n) is 3.04. The Hall–Kier alpha value is -2.78. The highest BCUT2D eigenvalue weighted by Crippen LogP contribution is 2.32. The highest BCUT2D eigenvalue weighted by atomic mass is 19.4. The Morgan fingerprint density at radius 3 is 2.42 bits per heavy atom. The van der Waals surface area contributed by atoms with Crippen molar-refractivity contribution in [3.8, 4) is 0 Å². The van der Waals surface area contributed by atoms with Gasteiger partial charge in [0.15, 0.2) is 0 Å². The molecule has 0 aliphatic heterocycles. The van der Waals surface area contributed by atoms with Gasteiger partial charge in [0.25, 0.3) is 0 Å². The van der Waals surface area contributed by atoms with Crippen molar-refractivity contribution in [1.29, 1.82) is 0 Å². The summed E-state index contributed by atoms with van der Waals surface area (Å²) in [6, 6.07) is 2.50. The summed E-state index contributed by atoms with van der Waals surface area (Å²) in [4.78, 5) is 29.4. The molecule has 0 aliphatic rings. The second-order valence-corrected chi connectivity index (χ2v) is 6.31. The van der Waals surface area contributed by atoms with Gasteiger partial charge in [-0.2, -0.15) is 13.2 Å². The molecule has 26 heavy (non-hydrogen) atoms. The summed E-state index contributed by atoms with van der Waals surface area (Å²) in [7, 11) is 0. The van der Waals surface area contributed by atoms with Gasteiger partial charge in [0, 0.05) is 0 Å². The van der Waals surface area contributed by atoms with Crippen molar-refractivity contribution in [1.82, 2.24) is 9.97 Å². The Morgan fingerprint density at radius 2 is 1.88 bits per heavy atom. The van der Waals surface area contributed by atoms with E-state index >= 15 is 0 Å². The van der Waals surface area contributed by atoms with E-state index in [2.05, 4.69) is 15.3 Å². The molecule has 0 spiro atoms. The van der Waals surface area contributed by atoms with Crippen molar-refractivity contribution in [2.45, 2.75) is 39.5 Å². The molecule has 0 saturated carbocycles. The number of esters is 1. The number of benzene rings is 1. The minimum Gasteiger partial charge on any atom is -0.462 e. The van der Waals surface area contributed by atoms with E-state index in [0.717, 1.165) is 0 Å². The molecule has 10 heteroatoms. The molecule has 7 nitrogen and oxygen atoms in total. The third kappa shape index (κ3) is 4.44. The van der Waals surface area contributed by atoms with E-state index in [1.165, 1.54) is 12.1 Å². The van der Waals surface area contributed by atoms with Crippen molar-refractivity contribution in [2.24, 2.45) is 0 Å². The quantitative estimate of drug-likeness (QED) is 0.790. The lowest BCUT2D eigenvalue weighted by Crippen LogP contribution is -2.27. The molecule has 0 fully saturated rings. The summed E-state index contributed by atoms with van der Waals surface area (Å²) in [5, 5.41) is 2.35. The number of ether oxygens (including phenoxy) is 2. The fourth-order valence-electron chi connectivity index (χ4n) is 2.12. The van der Waals surface area contributed by atoms with Crippen LogP contribution in [-0.2, 0) is 15.7 Å². The molecule has 0 saturated heterocycles. The predicted molar refractivity (Wildman–Crippen MR) is 86.9 cm³/mol. The summed E-state index contributed by atoms with van der Waals surface area (Å²) in [6.45, 7) is 6.55. The number of aromatic nitrogens is 2. The van der Waals surface area contributed by atoms with Crippen LogP contribution >= 0.6 is 0 Å². The Morgan fingerprint density at radius 1 is 1.23 bits per heavy atom. The predicted octanol–water partition coefficient (Wildman–Crippen LogP) is 4.11. The van der Waals surface area contributed by atoms with Crippen LogP contribution in [-0.4, -0.2) is 34.2 Å². The van der Waals surface area contributed by atoms with Gasteiger partial charge in [0.05, 0.1) is 23.4 Å². The summed E-state index contributed by atoms with van der Waals surface area (Å²) in [5.41, 5.74) is -1.37. The molecule has 2 rings (SSSR count). The Labute approximate surface area is 146 Å². The fourth-order valence-corrected chi connectivity index (χ4v) is 2.12. The average Bonchev–Trinajstić information content (AvgIpc) is 2.91. The topological polar surface area (TPSA) is 93.3 Å². The zero-order chi connectivity index (χ0) is 19.7. The highest BCUT2D eigenvalue weighted by Gasteiger charge is 2.36. The summed E-state index contributed by atoms with van der Waals surface area (Å²) in [5.74, 6) is -2.11. The molecule has 0 radical (unpaired) electrons. The number of H-pyrrole nitrogens is 1. The number of aromatic amines is 1. The first-order chi connectivity index (χ1) is 11.9. The van der Waals surface area contributed by atoms with Gasteiger partial charge in [-0.15, -0.1) is 0 Å². The number of imidazole rings is 1. The molecule has 2 N–H and O–H groups in total. The fraction of sp³-hybridized carbons (Fsp3) is 0.438. The molecule has 0 aliphatic carbocycles. The van der Waals surface area contributed by atoms with Gasteiger partial charge in [-0.1, -0.05) is 0 Å². The SMILES string of the molecule is CCOC(=O)c1ccc(NC(=O)OC(C)(C)C)c2[nH]c(C(F)(F)F)nc12. The second kappa shape index (κ2) is 6.85. The smallest absolute Gasteiger partial charge is 0.449 e. The number of nitrogens with zero attached hydrogens (tertiary/aromatic N) is 1. The number of nitrogens with one attached hydrogen (secondary N) is 2. The van der Waals surface area contributed by atoms with Gasteiger partial charge >= 0.3 is 18.2 Å². The lowest BCUT2D eigenvalue weighted by atomic mass is 10.1. The minimum absolute atomic E-state index is 0.00898. The van der Waals surface area contributed by atoms with Crippen LogP contribution in [0.5, 0.6) is 0 Å². The van der Waals surface area contributed by atoms with Gasteiger partial charge in [-0.05, 0) is 39.8 Å². The second-order valence-electron chi connectivity index (χ2n) is 6.31. The van der Waals surface area contributed by atoms with Crippen molar-refractivity contribution in [3.63, 3.8) is 0 Å². The highest BCUT2D eigenvalue weighted by molar-refractivity contribution is 6.07. The molecular weight excluding hydrogens is 355 g/mol. The Balaban J connectivity index is 2.52. The largest absolute Gasteiger partial charge is 0.462 e. The summed E-state index contributed by atoms with van der Waals surface area (Å²) >= 11 is 0. The molecule has 1 aromatic heterocycles. The molecule has 2 aromatic rings. The van der Waals surface area contributed by atoms with Crippen molar-refractivity contribution < 1.29 is 32.2 Å². The van der Waals surface area contributed by atoms with Crippen LogP contribution in [0.3, 0.4) is 0 Å². The molecule has 1 heterocycles. The van der Waals surface area contributed by atoms with E-state index in [4.69, 9.17) is 9.47 Å². The summed E-state index contributed by atoms with van der Waals surface area (Å²) < 4.78 is 48.9. The molecule has 0 bridgehead atoms. The molecule has 1 amide bonds. The van der Waals surface area contributed by atoms with Crippen LogP contribution in [0.2, 0.25) is 0 Å². The van der Waals surface area contributed by atoms with Gasteiger partial charge in [0.2, 0.25) is 5.82 Å². The van der Waals surface area contributed by atoms with E-state index in [0.29, 0.717) is 0 Å². The number of rotatable bonds is 3. The van der Waals surface area contributed by atoms with Crippen molar-refractivity contribution >= 4 is 28.8 Å². The maximum Gasteiger partial charge on any atom is 0.449 e. The summed E-state index contributed by atoms with van der Waals surface area (Å²) in [6.07, 6.45) is -5.61. The van der Waals surface area contributed by atoms with E-state index in [-0.39, 0.29) is 28.9 Å². The molecular formula is C16H18F3N3O4.